The van der Waals surface area contributed by atoms with E-state index in [1.165, 1.54) is 19.2 Å². The highest BCUT2D eigenvalue weighted by atomic mass is 28.3. The number of methoxy groups -OCH3 is 1. The van der Waals surface area contributed by atoms with Crippen LogP contribution in [0.15, 0.2) is 24.3 Å². The maximum Gasteiger partial charge on any atom is 0.416 e. The lowest BCUT2D eigenvalue weighted by Crippen LogP contribution is -2.42. The van der Waals surface area contributed by atoms with Crippen molar-refractivity contribution in [3.05, 3.63) is 35.4 Å². The molecule has 1 rings (SSSR count). The molecule has 0 saturated heterocycles. The lowest BCUT2D eigenvalue weighted by molar-refractivity contribution is -0.144. The standard InChI is InChI=1S/C21H28F3NO3Si/c1-20(2,3)29(5,6)12-8-11-17(19(27)28-4)25-18(26)14-15-9-7-10-16(13-15)21(22,23)24/h7,9-10,13,17H,11,14H2,1-6H3,(H,25,26)/t17-/m1/s1. The summed E-state index contributed by atoms with van der Waals surface area (Å²) in [5.74, 6) is 1.77. The maximum atomic E-state index is 12.8. The second kappa shape index (κ2) is 9.48. The number of carbonyl (C=O) groups is 2. The molecule has 29 heavy (non-hydrogen) atoms. The molecule has 0 bridgehead atoms. The van der Waals surface area contributed by atoms with Crippen molar-refractivity contribution in [1.82, 2.24) is 5.32 Å². The van der Waals surface area contributed by atoms with Crippen molar-refractivity contribution in [1.29, 1.82) is 0 Å². The van der Waals surface area contributed by atoms with Crippen LogP contribution in [0.2, 0.25) is 18.1 Å². The molecule has 1 N–H and O–H groups in total. The Bertz CT molecular complexity index is 802. The number of hydrogen-bond acceptors (Lipinski definition) is 3. The van der Waals surface area contributed by atoms with Gasteiger partial charge in [-0.2, -0.15) is 13.2 Å². The molecule has 0 radical (unpaired) electrons. The molecule has 0 unspecified atom stereocenters. The average molecular weight is 428 g/mol. The summed E-state index contributed by atoms with van der Waals surface area (Å²) >= 11 is 0. The molecule has 0 heterocycles. The Balaban J connectivity index is 2.87. The summed E-state index contributed by atoms with van der Waals surface area (Å²) in [7, 11) is -0.670. The monoisotopic (exact) mass is 427 g/mol. The molecule has 8 heteroatoms. The summed E-state index contributed by atoms with van der Waals surface area (Å²) in [6.07, 6.45) is -4.69. The first-order valence-electron chi connectivity index (χ1n) is 9.21. The Morgan fingerprint density at radius 3 is 2.34 bits per heavy atom. The van der Waals surface area contributed by atoms with Crippen molar-refractivity contribution in [2.45, 2.75) is 64.0 Å². The molecular weight excluding hydrogens is 399 g/mol. The number of ether oxygens (including phenoxy) is 1. The van der Waals surface area contributed by atoms with Gasteiger partial charge in [0, 0.05) is 6.42 Å². The van der Waals surface area contributed by atoms with Crippen LogP contribution < -0.4 is 5.32 Å². The van der Waals surface area contributed by atoms with Gasteiger partial charge in [-0.3, -0.25) is 4.79 Å². The van der Waals surface area contributed by atoms with E-state index in [0.717, 1.165) is 12.1 Å². The number of rotatable bonds is 5. The third-order valence-corrected chi connectivity index (χ3v) is 9.57. The minimum Gasteiger partial charge on any atom is -0.467 e. The van der Waals surface area contributed by atoms with Crippen LogP contribution in [0.4, 0.5) is 13.2 Å². The first-order chi connectivity index (χ1) is 13.2. The zero-order valence-electron chi connectivity index (χ0n) is 17.7. The molecule has 0 spiro atoms. The van der Waals surface area contributed by atoms with Gasteiger partial charge in [0.1, 0.15) is 14.1 Å². The van der Waals surface area contributed by atoms with E-state index < -0.39 is 37.7 Å². The minimum atomic E-state index is -4.49. The zero-order chi connectivity index (χ0) is 22.5. The minimum absolute atomic E-state index is 0.0491. The predicted molar refractivity (Wildman–Crippen MR) is 109 cm³/mol. The van der Waals surface area contributed by atoms with Gasteiger partial charge in [-0.25, -0.2) is 4.79 Å². The molecule has 4 nitrogen and oxygen atoms in total. The van der Waals surface area contributed by atoms with Crippen LogP contribution in [0.5, 0.6) is 0 Å². The second-order valence-corrected chi connectivity index (χ2v) is 13.4. The van der Waals surface area contributed by atoms with Crippen molar-refractivity contribution in [3.63, 3.8) is 0 Å². The van der Waals surface area contributed by atoms with Crippen LogP contribution in [0, 0.1) is 11.5 Å². The van der Waals surface area contributed by atoms with Gasteiger partial charge >= 0.3 is 12.1 Å². The maximum absolute atomic E-state index is 12.8. The number of alkyl halides is 3. The number of esters is 1. The van der Waals surface area contributed by atoms with Crippen LogP contribution in [0.1, 0.15) is 38.3 Å². The van der Waals surface area contributed by atoms with Gasteiger partial charge in [-0.05, 0) is 16.7 Å². The fourth-order valence-electron chi connectivity index (χ4n) is 2.19. The number of nitrogens with one attached hydrogen (secondary N) is 1. The molecule has 0 fully saturated rings. The quantitative estimate of drug-likeness (QED) is 0.432. The van der Waals surface area contributed by atoms with Crippen molar-refractivity contribution >= 4 is 20.0 Å². The highest BCUT2D eigenvalue weighted by Crippen LogP contribution is 2.35. The van der Waals surface area contributed by atoms with Crippen molar-refractivity contribution in [2.24, 2.45) is 0 Å². The smallest absolute Gasteiger partial charge is 0.416 e. The summed E-state index contributed by atoms with van der Waals surface area (Å²) in [6, 6.07) is 3.56. The van der Waals surface area contributed by atoms with E-state index in [9.17, 15) is 22.8 Å². The Kier molecular flexibility index (Phi) is 8.10. The number of hydrogen-bond donors (Lipinski definition) is 1. The van der Waals surface area contributed by atoms with Gasteiger partial charge in [-0.1, -0.05) is 52.1 Å². The van der Waals surface area contributed by atoms with Crippen LogP contribution in [-0.2, 0) is 26.9 Å². The van der Waals surface area contributed by atoms with Crippen molar-refractivity contribution in [2.75, 3.05) is 7.11 Å². The van der Waals surface area contributed by atoms with E-state index in [1.54, 1.807) is 0 Å². The SMILES string of the molecule is COC(=O)[C@@H](CC#C[Si](C)(C)C(C)(C)C)NC(=O)Cc1cccc(C(F)(F)F)c1. The fraction of sp³-hybridized carbons (Fsp3) is 0.524. The molecule has 0 aliphatic carbocycles. The number of carbonyl (C=O) groups excluding carboxylic acids is 2. The first kappa shape index (κ1) is 24.8. The Hall–Kier alpha value is -2.27. The van der Waals surface area contributed by atoms with Gasteiger partial charge in [0.05, 0.1) is 19.1 Å². The second-order valence-electron chi connectivity index (χ2n) is 8.40. The van der Waals surface area contributed by atoms with Gasteiger partial charge in [0.25, 0.3) is 0 Å². The molecule has 1 aromatic carbocycles. The van der Waals surface area contributed by atoms with Crippen LogP contribution in [-0.4, -0.2) is 33.1 Å². The van der Waals surface area contributed by atoms with Gasteiger partial charge in [0.2, 0.25) is 5.91 Å². The zero-order valence-corrected chi connectivity index (χ0v) is 18.7. The Morgan fingerprint density at radius 1 is 1.21 bits per heavy atom. The molecule has 1 atom stereocenters. The summed E-state index contributed by atoms with van der Waals surface area (Å²) in [4.78, 5) is 24.3. The van der Waals surface area contributed by atoms with E-state index in [2.05, 4.69) is 50.6 Å². The van der Waals surface area contributed by atoms with Gasteiger partial charge in [0.15, 0.2) is 0 Å². The van der Waals surface area contributed by atoms with Gasteiger partial charge < -0.3 is 10.1 Å². The Morgan fingerprint density at radius 2 is 1.83 bits per heavy atom. The molecule has 0 aliphatic rings. The van der Waals surface area contributed by atoms with Crippen LogP contribution >= 0.6 is 0 Å². The predicted octanol–water partition coefficient (Wildman–Crippen LogP) is 4.35. The van der Waals surface area contributed by atoms with Crippen LogP contribution in [0.25, 0.3) is 0 Å². The molecule has 160 valence electrons. The van der Waals surface area contributed by atoms with Crippen LogP contribution in [0.3, 0.4) is 0 Å². The Labute approximate surface area is 171 Å². The molecular formula is C21H28F3NO3Si. The van der Waals surface area contributed by atoms with Gasteiger partial charge in [-0.15, -0.1) is 11.5 Å². The largest absolute Gasteiger partial charge is 0.467 e. The van der Waals surface area contributed by atoms with E-state index >= 15 is 0 Å². The summed E-state index contributed by atoms with van der Waals surface area (Å²) in [6.45, 7) is 10.6. The fourth-order valence-corrected chi connectivity index (χ4v) is 3.10. The van der Waals surface area contributed by atoms with Crippen molar-refractivity contribution < 1.29 is 27.5 Å². The lowest BCUT2D eigenvalue weighted by Gasteiger charge is -2.31. The van der Waals surface area contributed by atoms with E-state index in [1.807, 2.05) is 0 Å². The molecule has 0 aromatic heterocycles. The highest BCUT2D eigenvalue weighted by Gasteiger charge is 2.34. The third-order valence-electron chi connectivity index (χ3n) is 5.02. The lowest BCUT2D eigenvalue weighted by atomic mass is 10.1. The summed E-state index contributed by atoms with van der Waals surface area (Å²) in [5, 5.41) is 2.57. The molecule has 0 saturated carbocycles. The highest BCUT2D eigenvalue weighted by molar-refractivity contribution is 6.87. The van der Waals surface area contributed by atoms with E-state index in [4.69, 9.17) is 4.74 Å². The molecule has 1 aromatic rings. The summed E-state index contributed by atoms with van der Waals surface area (Å²) in [5.41, 5.74) is 2.64. The molecule has 0 aliphatic heterocycles. The number of benzene rings is 1. The van der Waals surface area contributed by atoms with E-state index in [-0.39, 0.29) is 23.4 Å². The normalized spacial score (nSPS) is 13.1. The van der Waals surface area contributed by atoms with Crippen molar-refractivity contribution in [3.8, 4) is 11.5 Å². The number of amides is 1. The summed E-state index contributed by atoms with van der Waals surface area (Å²) < 4.78 is 43.2. The first-order valence-corrected chi connectivity index (χ1v) is 12.2. The van der Waals surface area contributed by atoms with E-state index in [0.29, 0.717) is 0 Å². The molecule has 1 amide bonds. The topological polar surface area (TPSA) is 55.4 Å². The third kappa shape index (κ3) is 7.57. The average Bonchev–Trinajstić information content (AvgIpc) is 2.58. The number of halogens is 3.